The molecule has 0 saturated heterocycles. The fourth-order valence-corrected chi connectivity index (χ4v) is 2.98. The molecule has 0 fully saturated rings. The molecule has 1 aromatic carbocycles. The van der Waals surface area contributed by atoms with Gasteiger partial charge in [-0.15, -0.1) is 11.3 Å². The molecular weight excluding hydrogens is 353 g/mol. The summed E-state index contributed by atoms with van der Waals surface area (Å²) in [6, 6.07) is 10.5. The molecule has 0 aliphatic heterocycles. The average molecular weight is 364 g/mol. The van der Waals surface area contributed by atoms with Gasteiger partial charge in [-0.1, -0.05) is 35.3 Å². The molecular formula is C16H11Cl2N3OS. The summed E-state index contributed by atoms with van der Waals surface area (Å²) in [4.78, 5) is 20.7. The Bertz CT molecular complexity index is 879. The van der Waals surface area contributed by atoms with E-state index in [-0.39, 0.29) is 15.9 Å². The first-order valence-corrected chi connectivity index (χ1v) is 8.32. The van der Waals surface area contributed by atoms with Gasteiger partial charge in [-0.3, -0.25) is 4.79 Å². The zero-order valence-electron chi connectivity index (χ0n) is 12.0. The fourth-order valence-electron chi connectivity index (χ4n) is 2.02. The highest BCUT2D eigenvalue weighted by Gasteiger charge is 2.13. The van der Waals surface area contributed by atoms with Gasteiger partial charge in [0.15, 0.2) is 0 Å². The average Bonchev–Trinajstić information content (AvgIpc) is 2.96. The molecule has 0 atom stereocenters. The largest absolute Gasteiger partial charge is 0.321 e. The molecule has 2 heterocycles. The quantitative estimate of drug-likeness (QED) is 0.660. The first-order valence-electron chi connectivity index (χ1n) is 6.69. The maximum absolute atomic E-state index is 12.3. The number of carbonyl (C=O) groups is 1. The third-order valence-electron chi connectivity index (χ3n) is 3.06. The van der Waals surface area contributed by atoms with Gasteiger partial charge in [0.2, 0.25) is 0 Å². The molecule has 0 spiro atoms. The van der Waals surface area contributed by atoms with Crippen LogP contribution in [0, 0.1) is 6.92 Å². The van der Waals surface area contributed by atoms with Gasteiger partial charge in [0.05, 0.1) is 15.7 Å². The lowest BCUT2D eigenvalue weighted by molar-refractivity contribution is 0.102. The normalized spacial score (nSPS) is 10.6. The summed E-state index contributed by atoms with van der Waals surface area (Å²) in [5.41, 5.74) is 2.53. The highest BCUT2D eigenvalue weighted by molar-refractivity contribution is 7.09. The number of anilines is 1. The van der Waals surface area contributed by atoms with Crippen molar-refractivity contribution in [1.82, 2.24) is 9.97 Å². The summed E-state index contributed by atoms with van der Waals surface area (Å²) < 4.78 is 0. The van der Waals surface area contributed by atoms with Crippen molar-refractivity contribution in [3.8, 4) is 11.3 Å². The Kier molecular flexibility index (Phi) is 4.61. The van der Waals surface area contributed by atoms with Crippen molar-refractivity contribution in [2.45, 2.75) is 6.92 Å². The van der Waals surface area contributed by atoms with E-state index in [1.807, 2.05) is 30.5 Å². The number of pyridine rings is 1. The Hall–Kier alpha value is -1.95. The first-order chi connectivity index (χ1) is 11.0. The van der Waals surface area contributed by atoms with Crippen LogP contribution < -0.4 is 5.32 Å². The number of halogens is 2. The third kappa shape index (κ3) is 3.69. The lowest BCUT2D eigenvalue weighted by atomic mass is 10.1. The molecule has 3 rings (SSSR count). The van der Waals surface area contributed by atoms with E-state index in [0.717, 1.165) is 16.3 Å². The number of benzene rings is 1. The summed E-state index contributed by atoms with van der Waals surface area (Å²) in [7, 11) is 0. The van der Waals surface area contributed by atoms with Crippen LogP contribution in [0.2, 0.25) is 10.2 Å². The SMILES string of the molecule is Cc1nc(-c2cccc(NC(=O)c3nc(Cl)ccc3Cl)c2)cs1. The van der Waals surface area contributed by atoms with Gasteiger partial charge >= 0.3 is 0 Å². The Balaban J connectivity index is 1.85. The number of hydrogen-bond acceptors (Lipinski definition) is 4. The van der Waals surface area contributed by atoms with Gasteiger partial charge in [0.1, 0.15) is 10.8 Å². The third-order valence-corrected chi connectivity index (χ3v) is 4.35. The smallest absolute Gasteiger partial charge is 0.275 e. The van der Waals surface area contributed by atoms with Crippen LogP contribution in [0.25, 0.3) is 11.3 Å². The number of carbonyl (C=O) groups excluding carboxylic acids is 1. The molecule has 23 heavy (non-hydrogen) atoms. The number of amides is 1. The first kappa shape index (κ1) is 15.9. The van der Waals surface area contributed by atoms with E-state index < -0.39 is 5.91 Å². The van der Waals surface area contributed by atoms with Crippen LogP contribution in [0.5, 0.6) is 0 Å². The van der Waals surface area contributed by atoms with Gasteiger partial charge in [0.25, 0.3) is 5.91 Å². The molecule has 1 amide bonds. The molecule has 3 aromatic rings. The fraction of sp³-hybridized carbons (Fsp3) is 0.0625. The molecule has 0 aliphatic rings. The standard InChI is InChI=1S/C16H11Cl2N3OS/c1-9-19-13(8-23-9)10-3-2-4-11(7-10)20-16(22)15-12(17)5-6-14(18)21-15/h2-8H,1H3,(H,20,22). The molecule has 0 bridgehead atoms. The molecule has 2 aromatic heterocycles. The molecule has 0 radical (unpaired) electrons. The second kappa shape index (κ2) is 6.66. The van der Waals surface area contributed by atoms with E-state index in [9.17, 15) is 4.79 Å². The van der Waals surface area contributed by atoms with Crippen LogP contribution >= 0.6 is 34.5 Å². The van der Waals surface area contributed by atoms with Gasteiger partial charge in [-0.25, -0.2) is 9.97 Å². The molecule has 116 valence electrons. The number of hydrogen-bond donors (Lipinski definition) is 1. The maximum atomic E-state index is 12.3. The van der Waals surface area contributed by atoms with Gasteiger partial charge in [-0.2, -0.15) is 0 Å². The number of aryl methyl sites for hydroxylation is 1. The Morgan fingerprint density at radius 2 is 2.00 bits per heavy atom. The minimum atomic E-state index is -0.413. The van der Waals surface area contributed by atoms with E-state index in [4.69, 9.17) is 23.2 Å². The second-order valence-electron chi connectivity index (χ2n) is 4.75. The summed E-state index contributed by atoms with van der Waals surface area (Å²) in [6.45, 7) is 1.95. The number of thiazole rings is 1. The zero-order chi connectivity index (χ0) is 16.4. The number of nitrogens with one attached hydrogen (secondary N) is 1. The van der Waals surface area contributed by atoms with Crippen molar-refractivity contribution >= 4 is 46.1 Å². The van der Waals surface area contributed by atoms with Crippen molar-refractivity contribution in [2.24, 2.45) is 0 Å². The molecule has 0 aliphatic carbocycles. The highest BCUT2D eigenvalue weighted by Crippen LogP contribution is 2.25. The molecule has 1 N–H and O–H groups in total. The predicted molar refractivity (Wildman–Crippen MR) is 94.5 cm³/mol. The van der Waals surface area contributed by atoms with Crippen molar-refractivity contribution in [3.05, 3.63) is 62.7 Å². The van der Waals surface area contributed by atoms with Gasteiger partial charge in [-0.05, 0) is 31.2 Å². The monoisotopic (exact) mass is 363 g/mol. The van der Waals surface area contributed by atoms with E-state index in [1.165, 1.54) is 6.07 Å². The molecule has 0 saturated carbocycles. The van der Waals surface area contributed by atoms with E-state index in [2.05, 4.69) is 15.3 Å². The van der Waals surface area contributed by atoms with Crippen molar-refractivity contribution < 1.29 is 4.79 Å². The van der Waals surface area contributed by atoms with Crippen molar-refractivity contribution in [3.63, 3.8) is 0 Å². The van der Waals surface area contributed by atoms with Gasteiger partial charge in [0, 0.05) is 16.6 Å². The van der Waals surface area contributed by atoms with Crippen LogP contribution in [-0.2, 0) is 0 Å². The Labute approximate surface area is 147 Å². The Morgan fingerprint density at radius 3 is 2.74 bits per heavy atom. The van der Waals surface area contributed by atoms with Gasteiger partial charge < -0.3 is 5.32 Å². The minimum absolute atomic E-state index is 0.0917. The van der Waals surface area contributed by atoms with Crippen LogP contribution in [0.4, 0.5) is 5.69 Å². The maximum Gasteiger partial charge on any atom is 0.275 e. The number of rotatable bonds is 3. The van der Waals surface area contributed by atoms with E-state index in [0.29, 0.717) is 5.69 Å². The lowest BCUT2D eigenvalue weighted by Gasteiger charge is -2.07. The summed E-state index contributed by atoms with van der Waals surface area (Å²) in [6.07, 6.45) is 0. The van der Waals surface area contributed by atoms with Crippen LogP contribution in [0.15, 0.2) is 41.8 Å². The van der Waals surface area contributed by atoms with Crippen LogP contribution in [-0.4, -0.2) is 15.9 Å². The minimum Gasteiger partial charge on any atom is -0.321 e. The number of aromatic nitrogens is 2. The predicted octanol–water partition coefficient (Wildman–Crippen LogP) is 5.07. The van der Waals surface area contributed by atoms with Crippen LogP contribution in [0.3, 0.4) is 0 Å². The van der Waals surface area contributed by atoms with Crippen molar-refractivity contribution in [1.29, 1.82) is 0 Å². The molecule has 0 unspecified atom stereocenters. The van der Waals surface area contributed by atoms with E-state index in [1.54, 1.807) is 23.5 Å². The van der Waals surface area contributed by atoms with Crippen molar-refractivity contribution in [2.75, 3.05) is 5.32 Å². The molecule has 7 heteroatoms. The number of nitrogens with zero attached hydrogens (tertiary/aromatic N) is 2. The summed E-state index contributed by atoms with van der Waals surface area (Å²) >= 11 is 13.4. The zero-order valence-corrected chi connectivity index (χ0v) is 14.3. The second-order valence-corrected chi connectivity index (χ2v) is 6.61. The molecule has 4 nitrogen and oxygen atoms in total. The summed E-state index contributed by atoms with van der Waals surface area (Å²) in [5.74, 6) is -0.413. The van der Waals surface area contributed by atoms with Crippen LogP contribution in [0.1, 0.15) is 15.5 Å². The topological polar surface area (TPSA) is 54.9 Å². The Morgan fingerprint density at radius 1 is 1.17 bits per heavy atom. The summed E-state index contributed by atoms with van der Waals surface area (Å²) in [5, 5.41) is 6.20. The lowest BCUT2D eigenvalue weighted by Crippen LogP contribution is -2.14. The highest BCUT2D eigenvalue weighted by atomic mass is 35.5. The van der Waals surface area contributed by atoms with E-state index >= 15 is 0 Å².